The molecule has 0 atom stereocenters. The Balaban J connectivity index is 1.53. The maximum absolute atomic E-state index is 13.6. The first-order valence-electron chi connectivity index (χ1n) is 18.3. The van der Waals surface area contributed by atoms with Crippen molar-refractivity contribution in [2.24, 2.45) is 0 Å². The van der Waals surface area contributed by atoms with Crippen LogP contribution in [-0.2, 0) is 24.8 Å². The highest BCUT2D eigenvalue weighted by Crippen LogP contribution is 2.22. The molecule has 1 aliphatic rings. The number of benzene rings is 1. The standard InChI is InChI=1S/C36H58N6O8S2Si/c1-36(2,3)50-35(45)39-22-15-25-40(51(46,47)28-29-53(4,5)6)23-11-12-24-41(52(48,49)32-18-9-10-21-38-32)26-13-19-37-20-14-27-42-33(43)30-16-7-8-17-31(30)34(42)44/h7-10,16-18,21,37H,11-15,19-20,22-29H2,1-6H3,(H,39,45). The molecule has 2 N–H and O–H groups in total. The highest BCUT2D eigenvalue weighted by Gasteiger charge is 2.34. The van der Waals surface area contributed by atoms with Crippen molar-refractivity contribution in [1.82, 2.24) is 29.1 Å². The summed E-state index contributed by atoms with van der Waals surface area (Å²) in [5.41, 5.74) is 0.199. The Labute approximate surface area is 317 Å². The lowest BCUT2D eigenvalue weighted by molar-refractivity contribution is 0.0525. The van der Waals surface area contributed by atoms with Crippen molar-refractivity contribution in [3.63, 3.8) is 0 Å². The van der Waals surface area contributed by atoms with Gasteiger partial charge < -0.3 is 15.4 Å². The number of imide groups is 1. The first kappa shape index (κ1) is 44.2. The summed E-state index contributed by atoms with van der Waals surface area (Å²) in [6.45, 7) is 14.1. The molecule has 2 heterocycles. The third-order valence-electron chi connectivity index (χ3n) is 8.44. The van der Waals surface area contributed by atoms with E-state index in [4.69, 9.17) is 4.74 Å². The molecule has 0 unspecified atom stereocenters. The molecular formula is C36H58N6O8S2Si. The molecule has 0 saturated heterocycles. The van der Waals surface area contributed by atoms with Crippen molar-refractivity contribution in [2.45, 2.75) is 89.2 Å². The van der Waals surface area contributed by atoms with Crippen molar-refractivity contribution in [1.29, 1.82) is 0 Å². The Bertz CT molecular complexity index is 1700. The van der Waals surface area contributed by atoms with Crippen LogP contribution in [0, 0.1) is 0 Å². The summed E-state index contributed by atoms with van der Waals surface area (Å²) in [5.74, 6) is -0.528. The van der Waals surface area contributed by atoms with E-state index in [-0.39, 0.29) is 61.9 Å². The molecule has 0 saturated carbocycles. The molecule has 0 radical (unpaired) electrons. The predicted molar refractivity (Wildman–Crippen MR) is 209 cm³/mol. The predicted octanol–water partition coefficient (Wildman–Crippen LogP) is 4.40. The number of aromatic nitrogens is 1. The van der Waals surface area contributed by atoms with Crippen molar-refractivity contribution in [3.05, 3.63) is 59.8 Å². The van der Waals surface area contributed by atoms with Gasteiger partial charge in [0, 0.05) is 53.5 Å². The number of nitrogens with one attached hydrogen (secondary N) is 2. The first-order chi connectivity index (χ1) is 24.8. The van der Waals surface area contributed by atoms with Crippen LogP contribution in [0.15, 0.2) is 53.7 Å². The van der Waals surface area contributed by atoms with Crippen molar-refractivity contribution < 1.29 is 36.0 Å². The minimum atomic E-state index is -3.91. The van der Waals surface area contributed by atoms with Crippen molar-refractivity contribution >= 4 is 46.0 Å². The Kier molecular flexibility index (Phi) is 16.6. The average Bonchev–Trinajstić information content (AvgIpc) is 3.32. The van der Waals surface area contributed by atoms with Gasteiger partial charge in [0.2, 0.25) is 10.0 Å². The van der Waals surface area contributed by atoms with E-state index in [9.17, 15) is 31.2 Å². The Morgan fingerprint density at radius 3 is 1.92 bits per heavy atom. The van der Waals surface area contributed by atoms with Crippen LogP contribution >= 0.6 is 0 Å². The van der Waals surface area contributed by atoms with E-state index in [1.165, 1.54) is 25.8 Å². The lowest BCUT2D eigenvalue weighted by atomic mass is 10.1. The number of hydrogen-bond donors (Lipinski definition) is 2. The SMILES string of the molecule is CC(C)(C)OC(=O)NCCCN(CCCCN(CCCNCCCN1C(=O)c2ccccc2C1=O)S(=O)(=O)c1ccccn1)S(=O)(=O)CC[Si](C)(C)C. The quantitative estimate of drug-likeness (QED) is 0.0932. The number of nitrogens with zero attached hydrogens (tertiary/aromatic N) is 4. The summed E-state index contributed by atoms with van der Waals surface area (Å²) in [7, 11) is -9.12. The van der Waals surface area contributed by atoms with E-state index in [0.717, 1.165) is 0 Å². The number of sulfonamides is 2. The van der Waals surface area contributed by atoms with Crippen LogP contribution in [0.25, 0.3) is 0 Å². The zero-order valence-corrected chi connectivity index (χ0v) is 34.7. The molecule has 296 valence electrons. The van der Waals surface area contributed by atoms with Crippen LogP contribution in [-0.4, -0.2) is 125 Å². The second-order valence-electron chi connectivity index (χ2n) is 15.4. The van der Waals surface area contributed by atoms with Gasteiger partial charge in [-0.05, 0) is 96.3 Å². The summed E-state index contributed by atoms with van der Waals surface area (Å²) >= 11 is 0. The maximum Gasteiger partial charge on any atom is 0.407 e. The van der Waals surface area contributed by atoms with Gasteiger partial charge in [0.1, 0.15) is 5.60 Å². The Hall–Kier alpha value is -3.22. The fraction of sp³-hybridized carbons (Fsp3) is 0.611. The number of unbranched alkanes of at least 4 members (excludes halogenated alkanes) is 1. The van der Waals surface area contributed by atoms with E-state index in [1.54, 1.807) is 57.2 Å². The van der Waals surface area contributed by atoms with Gasteiger partial charge in [0.25, 0.3) is 21.8 Å². The smallest absolute Gasteiger partial charge is 0.407 e. The summed E-state index contributed by atoms with van der Waals surface area (Å²) < 4.78 is 62.3. The van der Waals surface area contributed by atoms with Gasteiger partial charge in [-0.3, -0.25) is 14.5 Å². The Morgan fingerprint density at radius 2 is 1.34 bits per heavy atom. The summed E-state index contributed by atoms with van der Waals surface area (Å²) in [5, 5.41) is 5.91. The lowest BCUT2D eigenvalue weighted by Gasteiger charge is -2.26. The van der Waals surface area contributed by atoms with Gasteiger partial charge >= 0.3 is 6.09 Å². The second kappa shape index (κ2) is 19.9. The van der Waals surface area contributed by atoms with Crippen molar-refractivity contribution in [3.8, 4) is 0 Å². The van der Waals surface area contributed by atoms with E-state index in [1.807, 2.05) is 0 Å². The minimum Gasteiger partial charge on any atom is -0.444 e. The van der Waals surface area contributed by atoms with Gasteiger partial charge in [0.05, 0.1) is 16.9 Å². The zero-order chi connectivity index (χ0) is 39.3. The summed E-state index contributed by atoms with van der Waals surface area (Å²) in [6.07, 6.45) is 3.19. The number of carbonyl (C=O) groups is 3. The molecule has 1 aromatic heterocycles. The number of ether oxygens (including phenoxy) is 1. The molecule has 1 aliphatic heterocycles. The molecule has 3 rings (SSSR count). The molecule has 0 aliphatic carbocycles. The van der Waals surface area contributed by atoms with Crippen LogP contribution in [0.1, 0.15) is 73.6 Å². The molecule has 2 aromatic rings. The van der Waals surface area contributed by atoms with Crippen LogP contribution in [0.2, 0.25) is 25.7 Å². The van der Waals surface area contributed by atoms with Gasteiger partial charge in [0.15, 0.2) is 5.03 Å². The van der Waals surface area contributed by atoms with E-state index < -0.39 is 39.8 Å². The number of hydrogen-bond acceptors (Lipinski definition) is 10. The topological polar surface area (TPSA) is 175 Å². The van der Waals surface area contributed by atoms with E-state index in [2.05, 4.69) is 35.3 Å². The summed E-state index contributed by atoms with van der Waals surface area (Å²) in [4.78, 5) is 42.6. The molecular weight excluding hydrogens is 737 g/mol. The highest BCUT2D eigenvalue weighted by molar-refractivity contribution is 7.89. The normalized spacial score (nSPS) is 13.9. The number of fused-ring (bicyclic) bond motifs is 1. The van der Waals surface area contributed by atoms with Gasteiger partial charge in [-0.25, -0.2) is 30.9 Å². The van der Waals surface area contributed by atoms with Gasteiger partial charge in [-0.1, -0.05) is 37.8 Å². The number of pyridine rings is 1. The fourth-order valence-corrected chi connectivity index (χ4v) is 11.6. The zero-order valence-electron chi connectivity index (χ0n) is 32.1. The van der Waals surface area contributed by atoms with E-state index in [0.29, 0.717) is 62.4 Å². The number of amides is 3. The molecule has 53 heavy (non-hydrogen) atoms. The second-order valence-corrected chi connectivity index (χ2v) is 24.9. The first-order valence-corrected chi connectivity index (χ1v) is 25.1. The van der Waals surface area contributed by atoms with E-state index >= 15 is 0 Å². The third-order valence-corrected chi connectivity index (χ3v) is 14.2. The molecule has 3 amide bonds. The number of carbonyl (C=O) groups excluding carboxylic acids is 3. The third kappa shape index (κ3) is 14.5. The van der Waals surface area contributed by atoms with Crippen LogP contribution < -0.4 is 10.6 Å². The fourth-order valence-electron chi connectivity index (χ4n) is 5.58. The molecule has 0 bridgehead atoms. The molecule has 14 nitrogen and oxygen atoms in total. The molecule has 17 heteroatoms. The number of alkyl carbamates (subject to hydrolysis) is 1. The van der Waals surface area contributed by atoms with Crippen LogP contribution in [0.4, 0.5) is 4.79 Å². The molecule has 0 spiro atoms. The maximum atomic E-state index is 13.6. The van der Waals surface area contributed by atoms with Gasteiger partial charge in [-0.2, -0.15) is 4.31 Å². The molecule has 0 fully saturated rings. The minimum absolute atomic E-state index is 0.0493. The van der Waals surface area contributed by atoms with Crippen LogP contribution in [0.5, 0.6) is 0 Å². The highest BCUT2D eigenvalue weighted by atomic mass is 32.2. The molecule has 1 aromatic carbocycles. The monoisotopic (exact) mass is 794 g/mol. The number of rotatable bonds is 23. The lowest BCUT2D eigenvalue weighted by Crippen LogP contribution is -2.39. The van der Waals surface area contributed by atoms with Crippen molar-refractivity contribution in [2.75, 3.05) is 58.1 Å². The average molecular weight is 795 g/mol. The largest absolute Gasteiger partial charge is 0.444 e. The van der Waals surface area contributed by atoms with Gasteiger partial charge in [-0.15, -0.1) is 0 Å². The Morgan fingerprint density at radius 1 is 0.792 bits per heavy atom. The van der Waals surface area contributed by atoms with Crippen LogP contribution in [0.3, 0.4) is 0 Å². The summed E-state index contributed by atoms with van der Waals surface area (Å²) in [6, 6.07) is 12.1.